The number of hydrogen-bond donors (Lipinski definition) is 0. The van der Waals surface area contributed by atoms with Gasteiger partial charge in [0.15, 0.2) is 7.14 Å². The average Bonchev–Trinajstić information content (AvgIpc) is 3.03. The fourth-order valence-electron chi connectivity index (χ4n) is 5.16. The largest absolute Gasteiger partial charge is 0.309 e. The molecule has 0 aliphatic heterocycles. The van der Waals surface area contributed by atoms with Gasteiger partial charge in [-0.05, 0) is 35.0 Å². The van der Waals surface area contributed by atoms with E-state index in [2.05, 4.69) is 103 Å². The first-order chi connectivity index (χ1) is 19.3. The van der Waals surface area contributed by atoms with Gasteiger partial charge >= 0.3 is 0 Å². The van der Waals surface area contributed by atoms with Gasteiger partial charge in [-0.15, -0.1) is 0 Å². The van der Waals surface area contributed by atoms with Crippen LogP contribution < -0.4 is 31.8 Å². The summed E-state index contributed by atoms with van der Waals surface area (Å²) in [5, 5.41) is 6.39. The quantitative estimate of drug-likeness (QED) is 0.206. The van der Waals surface area contributed by atoms with Crippen LogP contribution in [0.2, 0.25) is 0 Å². The van der Waals surface area contributed by atoms with Gasteiger partial charge in [0, 0.05) is 15.9 Å². The Kier molecular flexibility index (Phi) is 7.38. The van der Waals surface area contributed by atoms with E-state index in [0.29, 0.717) is 0 Å². The van der Waals surface area contributed by atoms with Crippen LogP contribution >= 0.6 is 15.1 Å². The van der Waals surface area contributed by atoms with Gasteiger partial charge in [-0.1, -0.05) is 170 Å². The summed E-state index contributed by atoms with van der Waals surface area (Å²) < 4.78 is 15.4. The standard InChI is InChI=1S/C36H28OP2/c37-39(31-21-9-3-10-22-31,32-23-11-4-12-24-32)36-28-16-14-26-34(36)33-25-13-15-27-35(33)38(29-17-5-1-6-18-29)30-19-7-2-8-20-30/h1-28H. The second-order valence-electron chi connectivity index (χ2n) is 9.32. The summed E-state index contributed by atoms with van der Waals surface area (Å²) in [7, 11) is -4.00. The molecule has 0 saturated carbocycles. The monoisotopic (exact) mass is 538 g/mol. The summed E-state index contributed by atoms with van der Waals surface area (Å²) in [5.74, 6) is 0. The molecule has 0 fully saturated rings. The first-order valence-electron chi connectivity index (χ1n) is 13.1. The molecule has 0 atom stereocenters. The maximum atomic E-state index is 15.4. The SMILES string of the molecule is O=P(c1ccccc1)(c1ccccc1)c1ccccc1-c1ccccc1P(c1ccccc1)c1ccccc1. The lowest BCUT2D eigenvalue weighted by atomic mass is 10.1. The highest BCUT2D eigenvalue weighted by atomic mass is 31.2. The van der Waals surface area contributed by atoms with E-state index in [0.717, 1.165) is 27.0 Å². The van der Waals surface area contributed by atoms with Crippen molar-refractivity contribution in [1.82, 2.24) is 0 Å². The van der Waals surface area contributed by atoms with Crippen LogP contribution in [-0.4, -0.2) is 0 Å². The topological polar surface area (TPSA) is 17.1 Å². The number of hydrogen-bond acceptors (Lipinski definition) is 1. The molecule has 0 amide bonds. The van der Waals surface area contributed by atoms with Crippen molar-refractivity contribution < 1.29 is 4.57 Å². The van der Waals surface area contributed by atoms with Gasteiger partial charge in [0.25, 0.3) is 0 Å². The van der Waals surface area contributed by atoms with Crippen molar-refractivity contribution in [2.24, 2.45) is 0 Å². The van der Waals surface area contributed by atoms with Gasteiger partial charge in [0.05, 0.1) is 0 Å². The molecule has 0 heterocycles. The van der Waals surface area contributed by atoms with Crippen LogP contribution in [0, 0.1) is 0 Å². The summed E-state index contributed by atoms with van der Waals surface area (Å²) in [6.07, 6.45) is 0. The Bertz CT molecular complexity index is 1630. The molecule has 6 aromatic carbocycles. The Morgan fingerprint density at radius 2 is 0.769 bits per heavy atom. The van der Waals surface area contributed by atoms with Crippen molar-refractivity contribution in [3.63, 3.8) is 0 Å². The third-order valence-electron chi connectivity index (χ3n) is 6.95. The molecule has 0 radical (unpaired) electrons. The summed E-state index contributed by atoms with van der Waals surface area (Å²) in [6.45, 7) is 0. The van der Waals surface area contributed by atoms with Crippen molar-refractivity contribution in [2.75, 3.05) is 0 Å². The van der Waals surface area contributed by atoms with Crippen LogP contribution in [0.15, 0.2) is 170 Å². The molecule has 0 N–H and O–H groups in total. The Balaban J connectivity index is 1.62. The van der Waals surface area contributed by atoms with E-state index in [1.54, 1.807) is 0 Å². The zero-order valence-corrected chi connectivity index (χ0v) is 23.3. The molecule has 0 saturated heterocycles. The van der Waals surface area contributed by atoms with Crippen LogP contribution in [0.4, 0.5) is 0 Å². The van der Waals surface area contributed by atoms with Gasteiger partial charge in [-0.2, -0.15) is 0 Å². The molecule has 0 aliphatic rings. The molecule has 0 aromatic heterocycles. The Hall–Kier alpha value is -4.02. The van der Waals surface area contributed by atoms with Crippen LogP contribution in [-0.2, 0) is 4.57 Å². The minimum Gasteiger partial charge on any atom is -0.309 e. The first-order valence-corrected chi connectivity index (χ1v) is 16.1. The molecule has 39 heavy (non-hydrogen) atoms. The maximum absolute atomic E-state index is 15.4. The molecule has 6 rings (SSSR count). The minimum absolute atomic E-state index is 0.837. The van der Waals surface area contributed by atoms with Crippen LogP contribution in [0.3, 0.4) is 0 Å². The van der Waals surface area contributed by atoms with Crippen molar-refractivity contribution in [2.45, 2.75) is 0 Å². The molecular weight excluding hydrogens is 510 g/mol. The smallest absolute Gasteiger partial charge is 0.171 e. The van der Waals surface area contributed by atoms with Gasteiger partial charge < -0.3 is 4.57 Å². The molecule has 0 aliphatic carbocycles. The zero-order valence-electron chi connectivity index (χ0n) is 21.5. The molecule has 0 bridgehead atoms. The van der Waals surface area contributed by atoms with E-state index in [-0.39, 0.29) is 0 Å². The predicted molar refractivity (Wildman–Crippen MR) is 170 cm³/mol. The Morgan fingerprint density at radius 1 is 0.385 bits per heavy atom. The van der Waals surface area contributed by atoms with E-state index in [1.807, 2.05) is 66.7 Å². The predicted octanol–water partition coefficient (Wildman–Crippen LogP) is 6.75. The highest BCUT2D eigenvalue weighted by Gasteiger charge is 2.33. The number of rotatable bonds is 7. The summed E-state index contributed by atoms with van der Waals surface area (Å²) >= 11 is 0. The molecule has 188 valence electrons. The van der Waals surface area contributed by atoms with Crippen LogP contribution in [0.1, 0.15) is 0 Å². The normalized spacial score (nSPS) is 11.4. The molecule has 0 unspecified atom stereocenters. The second kappa shape index (κ2) is 11.4. The highest BCUT2D eigenvalue weighted by molar-refractivity contribution is 7.85. The minimum atomic E-state index is -3.17. The third-order valence-corrected chi connectivity index (χ3v) is 12.6. The fraction of sp³-hybridized carbons (Fsp3) is 0. The molecule has 0 spiro atoms. The fourth-order valence-corrected chi connectivity index (χ4v) is 10.5. The van der Waals surface area contributed by atoms with Crippen molar-refractivity contribution >= 4 is 46.9 Å². The van der Waals surface area contributed by atoms with E-state index < -0.39 is 15.1 Å². The third kappa shape index (κ3) is 4.93. The summed E-state index contributed by atoms with van der Waals surface area (Å²) in [6, 6.07) is 58.3. The maximum Gasteiger partial charge on any atom is 0.171 e. The molecule has 6 aromatic rings. The van der Waals surface area contributed by atoms with Crippen molar-refractivity contribution in [3.8, 4) is 11.1 Å². The lowest BCUT2D eigenvalue weighted by Gasteiger charge is -2.26. The van der Waals surface area contributed by atoms with E-state index in [1.165, 1.54) is 15.9 Å². The van der Waals surface area contributed by atoms with E-state index in [9.17, 15) is 0 Å². The highest BCUT2D eigenvalue weighted by Crippen LogP contribution is 2.46. The van der Waals surface area contributed by atoms with Crippen LogP contribution in [0.5, 0.6) is 0 Å². The molecule has 3 heteroatoms. The van der Waals surface area contributed by atoms with Crippen molar-refractivity contribution in [1.29, 1.82) is 0 Å². The van der Waals surface area contributed by atoms with E-state index >= 15 is 4.57 Å². The van der Waals surface area contributed by atoms with Gasteiger partial charge in [0.2, 0.25) is 0 Å². The average molecular weight is 539 g/mol. The Morgan fingerprint density at radius 3 is 1.28 bits per heavy atom. The first kappa shape index (κ1) is 25.3. The number of benzene rings is 6. The second-order valence-corrected chi connectivity index (χ2v) is 14.2. The lowest BCUT2D eigenvalue weighted by molar-refractivity contribution is 0.592. The molecular formula is C36H28OP2. The van der Waals surface area contributed by atoms with Gasteiger partial charge in [0.1, 0.15) is 0 Å². The van der Waals surface area contributed by atoms with Gasteiger partial charge in [-0.3, -0.25) is 0 Å². The van der Waals surface area contributed by atoms with Gasteiger partial charge in [-0.25, -0.2) is 0 Å². The van der Waals surface area contributed by atoms with E-state index in [4.69, 9.17) is 0 Å². The summed E-state index contributed by atoms with van der Waals surface area (Å²) in [4.78, 5) is 0. The van der Waals surface area contributed by atoms with Crippen molar-refractivity contribution in [3.05, 3.63) is 170 Å². The van der Waals surface area contributed by atoms with Crippen LogP contribution in [0.25, 0.3) is 11.1 Å². The Labute approximate surface area is 232 Å². The molecule has 1 nitrogen and oxygen atoms in total. The summed E-state index contributed by atoms with van der Waals surface area (Å²) in [5.41, 5.74) is 2.14. The lowest BCUT2D eigenvalue weighted by Crippen LogP contribution is -2.28. The zero-order chi connectivity index (χ0) is 26.5.